The Balaban J connectivity index is 1.74. The zero-order chi connectivity index (χ0) is 22.7. The maximum Gasteiger partial charge on any atom is 0.353 e. The molecule has 10 nitrogen and oxygen atoms in total. The zero-order valence-electron chi connectivity index (χ0n) is 17.7. The molecule has 2 aromatic carbocycles. The lowest BCUT2D eigenvalue weighted by molar-refractivity contribution is 0.414. The summed E-state index contributed by atoms with van der Waals surface area (Å²) in [7, 11) is 4.68. The summed E-state index contributed by atoms with van der Waals surface area (Å²) in [6.45, 7) is 0. The number of fused-ring (bicyclic) bond motifs is 1. The lowest BCUT2D eigenvalue weighted by Gasteiger charge is -2.04. The van der Waals surface area contributed by atoms with E-state index in [0.29, 0.717) is 11.3 Å². The van der Waals surface area contributed by atoms with Crippen LogP contribution in [0, 0.1) is 0 Å². The fourth-order valence-corrected chi connectivity index (χ4v) is 3.01. The van der Waals surface area contributed by atoms with E-state index in [4.69, 9.17) is 9.47 Å². The molecule has 0 saturated heterocycles. The summed E-state index contributed by atoms with van der Waals surface area (Å²) in [5, 5.41) is 8.42. The molecule has 10 heteroatoms. The van der Waals surface area contributed by atoms with Gasteiger partial charge in [0.25, 0.3) is 0 Å². The summed E-state index contributed by atoms with van der Waals surface area (Å²) in [5.74, 6) is 1.41. The van der Waals surface area contributed by atoms with Gasteiger partial charge < -0.3 is 9.47 Å². The van der Waals surface area contributed by atoms with Crippen LogP contribution in [-0.4, -0.2) is 45.6 Å². The minimum atomic E-state index is -0.628. The number of hydrogen-bond acceptors (Lipinski definition) is 7. The molecule has 162 valence electrons. The van der Waals surface area contributed by atoms with Gasteiger partial charge >= 0.3 is 11.2 Å². The van der Waals surface area contributed by atoms with Gasteiger partial charge in [-0.05, 0) is 59.7 Å². The number of hydrogen-bond donors (Lipinski definition) is 0. The Kier molecular flexibility index (Phi) is 5.67. The van der Waals surface area contributed by atoms with Gasteiger partial charge in [0, 0.05) is 7.05 Å². The van der Waals surface area contributed by atoms with Gasteiger partial charge in [0.2, 0.25) is 0 Å². The molecule has 0 aliphatic heterocycles. The summed E-state index contributed by atoms with van der Waals surface area (Å²) < 4.78 is 13.6. The molecule has 0 unspecified atom stereocenters. The highest BCUT2D eigenvalue weighted by molar-refractivity contribution is 5.81. The highest BCUT2D eigenvalue weighted by Gasteiger charge is 2.15. The molecule has 0 aliphatic carbocycles. The molecule has 2 heterocycles. The molecule has 4 rings (SSSR count). The third-order valence-corrected chi connectivity index (χ3v) is 4.80. The first-order valence-corrected chi connectivity index (χ1v) is 9.57. The molecule has 0 aliphatic rings. The average molecular weight is 432 g/mol. The van der Waals surface area contributed by atoms with Crippen LogP contribution in [0.4, 0.5) is 0 Å². The molecule has 0 saturated carbocycles. The topological polar surface area (TPSA) is 105 Å². The Morgan fingerprint density at radius 1 is 0.844 bits per heavy atom. The average Bonchev–Trinajstić information content (AvgIpc) is 3.26. The molecule has 0 radical (unpaired) electrons. The third kappa shape index (κ3) is 3.93. The molecule has 0 atom stereocenters. The summed E-state index contributed by atoms with van der Waals surface area (Å²) in [6, 6.07) is 14.3. The van der Waals surface area contributed by atoms with Crippen LogP contribution in [0.2, 0.25) is 0 Å². The number of ether oxygens (including phenoxy) is 2. The number of rotatable bonds is 6. The van der Waals surface area contributed by atoms with E-state index in [2.05, 4.69) is 15.2 Å². The maximum atomic E-state index is 13.1. The van der Waals surface area contributed by atoms with E-state index in [1.165, 1.54) is 28.8 Å². The molecule has 0 spiro atoms. The Morgan fingerprint density at radius 3 is 1.91 bits per heavy atom. The van der Waals surface area contributed by atoms with Gasteiger partial charge in [-0.15, -0.1) is 4.68 Å². The highest BCUT2D eigenvalue weighted by Crippen LogP contribution is 2.11. The zero-order valence-corrected chi connectivity index (χ0v) is 17.7. The third-order valence-electron chi connectivity index (χ3n) is 4.80. The predicted molar refractivity (Wildman–Crippen MR) is 121 cm³/mol. The normalized spacial score (nSPS) is 11.6. The molecular weight excluding hydrogens is 412 g/mol. The molecule has 0 amide bonds. The monoisotopic (exact) mass is 432 g/mol. The minimum Gasteiger partial charge on any atom is -0.497 e. The molecule has 0 fully saturated rings. The molecule has 0 bridgehead atoms. The van der Waals surface area contributed by atoms with E-state index in [1.54, 1.807) is 56.8 Å². The van der Waals surface area contributed by atoms with Crippen molar-refractivity contribution in [3.05, 3.63) is 86.8 Å². The van der Waals surface area contributed by atoms with Crippen molar-refractivity contribution in [1.82, 2.24) is 18.9 Å². The van der Waals surface area contributed by atoms with Crippen LogP contribution in [-0.2, 0) is 7.05 Å². The predicted octanol–water partition coefficient (Wildman–Crippen LogP) is 1.68. The number of methoxy groups -OCH3 is 2. The van der Waals surface area contributed by atoms with E-state index in [9.17, 15) is 9.59 Å². The van der Waals surface area contributed by atoms with Crippen molar-refractivity contribution in [2.45, 2.75) is 0 Å². The Labute approximate surface area is 182 Å². The molecule has 0 N–H and O–H groups in total. The molecule has 32 heavy (non-hydrogen) atoms. The summed E-state index contributed by atoms with van der Waals surface area (Å²) >= 11 is 0. The molecule has 2 aromatic heterocycles. The fourth-order valence-electron chi connectivity index (χ4n) is 3.01. The fraction of sp³-hybridized carbons (Fsp3) is 0.136. The summed E-state index contributed by atoms with van der Waals surface area (Å²) in [6.07, 6.45) is 4.38. The SMILES string of the molecule is COc1ccc(/C=N\n2c(=O)c3c(ncn3/N=C\c3ccc(OC)cc3)n(C)c2=O)cc1. The smallest absolute Gasteiger partial charge is 0.353 e. The van der Waals surface area contributed by atoms with Crippen LogP contribution < -0.4 is 20.7 Å². The number of imidazole rings is 1. The second kappa shape index (κ2) is 8.72. The van der Waals surface area contributed by atoms with Crippen molar-refractivity contribution < 1.29 is 9.47 Å². The van der Waals surface area contributed by atoms with E-state index in [0.717, 1.165) is 16.0 Å². The lowest BCUT2D eigenvalue weighted by atomic mass is 10.2. The quantitative estimate of drug-likeness (QED) is 0.431. The van der Waals surface area contributed by atoms with Gasteiger partial charge in [0.1, 0.15) is 17.8 Å². The van der Waals surface area contributed by atoms with Crippen LogP contribution >= 0.6 is 0 Å². The van der Waals surface area contributed by atoms with E-state index >= 15 is 0 Å². The maximum absolute atomic E-state index is 13.1. The number of aryl methyl sites for hydroxylation is 1. The summed E-state index contributed by atoms with van der Waals surface area (Å²) in [5.41, 5.74) is 0.599. The molecular formula is C22H20N6O4. The van der Waals surface area contributed by atoms with E-state index < -0.39 is 11.2 Å². The van der Waals surface area contributed by atoms with E-state index in [1.807, 2.05) is 12.1 Å². The largest absolute Gasteiger partial charge is 0.497 e. The van der Waals surface area contributed by atoms with Crippen molar-refractivity contribution in [2.24, 2.45) is 17.3 Å². The number of benzene rings is 2. The lowest BCUT2D eigenvalue weighted by Crippen LogP contribution is -2.37. The van der Waals surface area contributed by atoms with Gasteiger partial charge in [0.15, 0.2) is 11.2 Å². The van der Waals surface area contributed by atoms with Gasteiger partial charge in [0.05, 0.1) is 26.6 Å². The van der Waals surface area contributed by atoms with Gasteiger partial charge in [-0.2, -0.15) is 10.2 Å². The van der Waals surface area contributed by atoms with Gasteiger partial charge in [-0.1, -0.05) is 0 Å². The second-order valence-corrected chi connectivity index (χ2v) is 6.76. The first-order chi connectivity index (χ1) is 15.5. The van der Waals surface area contributed by atoms with Crippen molar-refractivity contribution in [3.8, 4) is 11.5 Å². The van der Waals surface area contributed by atoms with Gasteiger partial charge in [-0.3, -0.25) is 9.36 Å². The van der Waals surface area contributed by atoms with Crippen molar-refractivity contribution >= 4 is 23.6 Å². The standard InChI is InChI=1S/C22H20N6O4/c1-26-20-19(27(14-23-20)24-12-15-4-8-17(31-2)9-5-15)21(29)28(22(26)30)25-13-16-6-10-18(32-3)11-7-16/h4-14H,1-3H3/b24-12-,25-13-. The van der Waals surface area contributed by atoms with Crippen molar-refractivity contribution in [2.75, 3.05) is 14.2 Å². The number of nitrogens with zero attached hydrogens (tertiary/aromatic N) is 6. The first kappa shape index (κ1) is 20.8. The Hall–Kier alpha value is -4.47. The van der Waals surface area contributed by atoms with Crippen molar-refractivity contribution in [1.29, 1.82) is 0 Å². The number of aromatic nitrogens is 4. The van der Waals surface area contributed by atoms with Crippen LogP contribution in [0.5, 0.6) is 11.5 Å². The molecule has 4 aromatic rings. The second-order valence-electron chi connectivity index (χ2n) is 6.76. The Bertz CT molecular complexity index is 1430. The van der Waals surface area contributed by atoms with E-state index in [-0.39, 0.29) is 11.2 Å². The van der Waals surface area contributed by atoms with Crippen LogP contribution in [0.15, 0.2) is 74.7 Å². The minimum absolute atomic E-state index is 0.128. The van der Waals surface area contributed by atoms with Gasteiger partial charge in [-0.25, -0.2) is 14.5 Å². The van der Waals surface area contributed by atoms with Crippen molar-refractivity contribution in [3.63, 3.8) is 0 Å². The Morgan fingerprint density at radius 2 is 1.38 bits per heavy atom. The first-order valence-electron chi connectivity index (χ1n) is 9.57. The van der Waals surface area contributed by atoms with Crippen LogP contribution in [0.3, 0.4) is 0 Å². The van der Waals surface area contributed by atoms with Crippen LogP contribution in [0.25, 0.3) is 11.2 Å². The highest BCUT2D eigenvalue weighted by atomic mass is 16.5. The van der Waals surface area contributed by atoms with Crippen LogP contribution in [0.1, 0.15) is 11.1 Å². The summed E-state index contributed by atoms with van der Waals surface area (Å²) in [4.78, 5) is 29.9.